The normalized spacial score (nSPS) is 13.7. The molecule has 0 spiro atoms. The molecule has 20 aromatic rings. The van der Waals surface area contributed by atoms with Gasteiger partial charge in [0.05, 0.1) is 55.4 Å². The van der Waals surface area contributed by atoms with E-state index in [9.17, 15) is 11.0 Å². The molecule has 0 aliphatic carbocycles. The summed E-state index contributed by atoms with van der Waals surface area (Å²) >= 11 is 0. The van der Waals surface area contributed by atoms with Crippen LogP contribution in [0.25, 0.3) is 127 Å². The van der Waals surface area contributed by atoms with Crippen molar-refractivity contribution < 1.29 is 11.0 Å². The number of hydrogen-bond donors (Lipinski definition) is 0. The lowest BCUT2D eigenvalue weighted by Gasteiger charge is -2.45. The van der Waals surface area contributed by atoms with Crippen molar-refractivity contribution in [3.05, 3.63) is 405 Å². The Hall–Kier alpha value is -14.4. The van der Waals surface area contributed by atoms with Crippen molar-refractivity contribution in [2.75, 3.05) is 14.7 Å². The highest BCUT2D eigenvalue weighted by Crippen LogP contribution is 2.55. The van der Waals surface area contributed by atoms with Crippen LogP contribution in [-0.4, -0.2) is 20.4 Å². The fraction of sp³-hybridized carbons (Fsp3) is 0.105. The molecular formula is C114H91BN6. The first-order valence-corrected chi connectivity index (χ1v) is 41.9. The number of hydrogen-bond acceptors (Lipinski definition) is 3. The van der Waals surface area contributed by atoms with E-state index in [1.165, 1.54) is 11.1 Å². The summed E-state index contributed by atoms with van der Waals surface area (Å²) in [7, 11) is 0. The molecule has 0 fully saturated rings. The fourth-order valence-electron chi connectivity index (χ4n) is 19.1. The number of benzene rings is 17. The molecule has 0 saturated heterocycles. The van der Waals surface area contributed by atoms with E-state index in [0.717, 1.165) is 167 Å². The smallest absolute Gasteiger partial charge is 0.252 e. The molecular weight excluding hydrogens is 1460 g/mol. The SMILES string of the molecule is [2H]c1c([2H])c([2H])c2c(c1[2H])c1c([2H])c([2H])c([2H])c([2H])c1n2-c1cc2c3c(c1)N(c1c(-c4ccccc4)cc(C(C)(C)C)cc1-c1ccccc1)c1cc(-n4c5ccc(C(C)(C)C)cc5c5cc(C(C)(C)C)ccc54)ccc1B3c1ccc(-n3c4ccccc4c4cc(N(c5ccccc5)c5ccccc5)ccc43)cc1N2c1cc(-c2ccccc2)cc(-c2ccccc2)c1. The van der Waals surface area contributed by atoms with Gasteiger partial charge >= 0.3 is 0 Å². The van der Waals surface area contributed by atoms with Crippen LogP contribution in [0.15, 0.2) is 388 Å². The fourth-order valence-corrected chi connectivity index (χ4v) is 19.1. The predicted molar refractivity (Wildman–Crippen MR) is 516 cm³/mol. The lowest BCUT2D eigenvalue weighted by molar-refractivity contribution is 0.590. The lowest BCUT2D eigenvalue weighted by Crippen LogP contribution is -2.61. The molecule has 0 bridgehead atoms. The van der Waals surface area contributed by atoms with Crippen LogP contribution >= 0.6 is 0 Å². The van der Waals surface area contributed by atoms with Crippen LogP contribution in [0.4, 0.5) is 51.2 Å². The zero-order valence-corrected chi connectivity index (χ0v) is 69.1. The van der Waals surface area contributed by atoms with Gasteiger partial charge in [-0.05, 0) is 234 Å². The van der Waals surface area contributed by atoms with Gasteiger partial charge in [0.2, 0.25) is 0 Å². The van der Waals surface area contributed by atoms with Gasteiger partial charge < -0.3 is 28.4 Å². The number of fused-ring (bicyclic) bond motifs is 13. The summed E-state index contributed by atoms with van der Waals surface area (Å²) in [5, 5.41) is 4.37. The zero-order chi connectivity index (χ0) is 88.7. The van der Waals surface area contributed by atoms with Crippen LogP contribution < -0.4 is 31.1 Å². The molecule has 0 saturated carbocycles. The minimum atomic E-state index is -0.581. The second-order valence-corrected chi connectivity index (χ2v) is 35.5. The summed E-state index contributed by atoms with van der Waals surface area (Å²) in [5.74, 6) is 0. The van der Waals surface area contributed by atoms with Crippen LogP contribution in [0, 0.1) is 0 Å². The van der Waals surface area contributed by atoms with Crippen molar-refractivity contribution in [3.8, 4) is 61.6 Å². The molecule has 6 nitrogen and oxygen atoms in total. The molecule has 17 aromatic carbocycles. The molecule has 5 heterocycles. The maximum absolute atomic E-state index is 10.3. The Kier molecular flexibility index (Phi) is 15.0. The van der Waals surface area contributed by atoms with Crippen molar-refractivity contribution >= 4 is 140 Å². The van der Waals surface area contributed by atoms with Crippen LogP contribution in [0.5, 0.6) is 0 Å². The van der Waals surface area contributed by atoms with Gasteiger partial charge in [0, 0.05) is 100 Å². The summed E-state index contributed by atoms with van der Waals surface area (Å²) in [4.78, 5) is 7.20. The van der Waals surface area contributed by atoms with Crippen LogP contribution in [-0.2, 0) is 16.2 Å². The van der Waals surface area contributed by atoms with E-state index >= 15 is 0 Å². The van der Waals surface area contributed by atoms with E-state index in [0.29, 0.717) is 11.4 Å². The van der Waals surface area contributed by atoms with Gasteiger partial charge in [0.25, 0.3) is 6.71 Å². The molecule has 0 unspecified atom stereocenters. The van der Waals surface area contributed by atoms with Gasteiger partial charge in [-0.25, -0.2) is 0 Å². The lowest BCUT2D eigenvalue weighted by atomic mass is 9.33. The predicted octanol–water partition coefficient (Wildman–Crippen LogP) is 29.1. The summed E-state index contributed by atoms with van der Waals surface area (Å²) in [5.41, 5.74) is 27.7. The molecule has 22 rings (SSSR count). The topological polar surface area (TPSA) is 24.5 Å². The number of anilines is 9. The standard InChI is InChI=1S/C114H91BN6/c1-112(2,3)80-52-59-103-95(65-80)96-66-81(113(4,5)6)53-60-104(96)118(103)87-55-58-99-107(71-87)121(111-93(76-38-20-12-21-39-76)67-82(114(7,8)9)68-94(111)77-40-22-13-23-41-77)109-73-89(119-100-49-31-28-46-90(100)91-47-29-32-50-101(91)119)72-108-110(109)115(99)98-57-54-86(70-106(98)120(108)88-63-78(74-34-16-10-17-35-74)62-79(64-88)75-36-18-11-19-37-75)117-102-51-33-30-48-92(102)97-69-85(56-61-105(97)117)116(83-42-24-14-25-43-83)84-44-26-15-27-45-84/h10-73H,1-9H3/i28D,29D,31D,32D,46D,47D,49D,50D. The Balaban J connectivity index is 0.931. The quantitative estimate of drug-likeness (QED) is 0.114. The summed E-state index contributed by atoms with van der Waals surface area (Å²) in [6.07, 6.45) is 0. The second kappa shape index (κ2) is 28.2. The molecule has 121 heavy (non-hydrogen) atoms. The first kappa shape index (κ1) is 64.7. The monoisotopic (exact) mass is 1560 g/mol. The van der Waals surface area contributed by atoms with E-state index in [1.54, 1.807) is 4.57 Å². The zero-order valence-electron chi connectivity index (χ0n) is 77.1. The third kappa shape index (κ3) is 12.1. The molecule has 3 aromatic heterocycles. The van der Waals surface area contributed by atoms with Crippen molar-refractivity contribution in [2.45, 2.75) is 78.6 Å². The molecule has 0 amide bonds. The highest BCUT2D eigenvalue weighted by molar-refractivity contribution is 7.00. The molecule has 580 valence electrons. The molecule has 2 aliphatic rings. The Morgan fingerprint density at radius 2 is 0.645 bits per heavy atom. The van der Waals surface area contributed by atoms with Gasteiger partial charge in [0.1, 0.15) is 0 Å². The summed E-state index contributed by atoms with van der Waals surface area (Å²) in [6, 6.07) is 119. The van der Waals surface area contributed by atoms with E-state index < -0.39 is 55.1 Å². The minimum Gasteiger partial charge on any atom is -0.311 e. The second-order valence-electron chi connectivity index (χ2n) is 35.5. The van der Waals surface area contributed by atoms with Crippen molar-refractivity contribution in [3.63, 3.8) is 0 Å². The van der Waals surface area contributed by atoms with Crippen LogP contribution in [0.2, 0.25) is 0 Å². The number of para-hydroxylation sites is 5. The van der Waals surface area contributed by atoms with E-state index in [1.807, 2.05) is 12.1 Å². The first-order valence-electron chi connectivity index (χ1n) is 45.9. The Morgan fingerprint density at radius 1 is 0.256 bits per heavy atom. The van der Waals surface area contributed by atoms with Crippen LogP contribution in [0.1, 0.15) is 90.0 Å². The van der Waals surface area contributed by atoms with E-state index in [-0.39, 0.29) is 38.1 Å². The minimum absolute atomic E-state index is 0.00416. The maximum atomic E-state index is 10.3. The highest BCUT2D eigenvalue weighted by Gasteiger charge is 2.46. The van der Waals surface area contributed by atoms with Crippen molar-refractivity contribution in [1.29, 1.82) is 0 Å². The number of rotatable bonds is 12. The third-order valence-corrected chi connectivity index (χ3v) is 25.0. The average molecular weight is 1560 g/mol. The summed E-state index contributed by atoms with van der Waals surface area (Å²) < 4.78 is 85.5. The summed E-state index contributed by atoms with van der Waals surface area (Å²) in [6.45, 7) is 19.9. The van der Waals surface area contributed by atoms with Gasteiger partial charge in [-0.15, -0.1) is 0 Å². The number of aromatic nitrogens is 3. The first-order chi connectivity index (χ1) is 62.2. The molecule has 0 atom stereocenters. The Bertz CT molecular complexity index is 7720. The van der Waals surface area contributed by atoms with Crippen molar-refractivity contribution in [2.24, 2.45) is 0 Å². The Labute approximate surface area is 719 Å². The molecule has 0 radical (unpaired) electrons. The Morgan fingerprint density at radius 3 is 1.12 bits per heavy atom. The maximum Gasteiger partial charge on any atom is 0.252 e. The van der Waals surface area contributed by atoms with Crippen molar-refractivity contribution in [1.82, 2.24) is 13.7 Å². The van der Waals surface area contributed by atoms with Gasteiger partial charge in [-0.2, -0.15) is 0 Å². The van der Waals surface area contributed by atoms with Gasteiger partial charge in [-0.3, -0.25) is 0 Å². The largest absolute Gasteiger partial charge is 0.311 e. The van der Waals surface area contributed by atoms with E-state index in [4.69, 9.17) is 0 Å². The average Bonchev–Trinajstić information content (AvgIpc) is 1.44. The van der Waals surface area contributed by atoms with Gasteiger partial charge in [0.15, 0.2) is 0 Å². The number of nitrogens with zero attached hydrogens (tertiary/aromatic N) is 6. The van der Waals surface area contributed by atoms with Gasteiger partial charge in [-0.1, -0.05) is 299 Å². The molecule has 0 N–H and O–H groups in total. The molecule has 7 heteroatoms. The third-order valence-electron chi connectivity index (χ3n) is 25.0. The van der Waals surface area contributed by atoms with E-state index in [2.05, 4.69) is 414 Å². The molecule has 2 aliphatic heterocycles. The van der Waals surface area contributed by atoms with Crippen LogP contribution in [0.3, 0.4) is 0 Å². The highest BCUT2D eigenvalue weighted by atomic mass is 15.2.